The first kappa shape index (κ1) is 16.6. The van der Waals surface area contributed by atoms with Crippen molar-refractivity contribution in [2.24, 2.45) is 0 Å². The first-order valence-electron chi connectivity index (χ1n) is 10.5. The lowest BCUT2D eigenvalue weighted by Gasteiger charge is -2.12. The average Bonchev–Trinajstić information content (AvgIpc) is 2.78. The molecule has 6 rings (SSSR count). The van der Waals surface area contributed by atoms with Crippen LogP contribution >= 0.6 is 0 Å². The van der Waals surface area contributed by atoms with Gasteiger partial charge in [-0.1, -0.05) is 104 Å². The molecule has 0 radical (unpaired) electrons. The maximum Gasteiger partial charge on any atom is -0.00987 e. The van der Waals surface area contributed by atoms with Crippen LogP contribution in [0.1, 0.15) is 18.9 Å². The predicted molar refractivity (Wildman–Crippen MR) is 128 cm³/mol. The molecule has 0 amide bonds. The van der Waals surface area contributed by atoms with Crippen LogP contribution in [0.2, 0.25) is 0 Å². The van der Waals surface area contributed by atoms with Crippen molar-refractivity contribution in [1.82, 2.24) is 0 Å². The Morgan fingerprint density at radius 3 is 1.59 bits per heavy atom. The Balaban J connectivity index is 1.69. The molecule has 0 aromatic heterocycles. The van der Waals surface area contributed by atoms with Crippen LogP contribution in [0.5, 0.6) is 0 Å². The summed E-state index contributed by atoms with van der Waals surface area (Å²) in [5.74, 6) is 0. The molecule has 0 spiro atoms. The molecule has 0 N–H and O–H groups in total. The molecule has 29 heavy (non-hydrogen) atoms. The summed E-state index contributed by atoms with van der Waals surface area (Å²) in [6.07, 6.45) is 2.33. The van der Waals surface area contributed by atoms with Gasteiger partial charge >= 0.3 is 0 Å². The minimum Gasteiger partial charge on any atom is -0.0651 e. The minimum atomic E-state index is 1.14. The van der Waals surface area contributed by atoms with E-state index in [1.807, 2.05) is 0 Å². The number of fused-ring (bicyclic) bond motifs is 9. The van der Waals surface area contributed by atoms with Crippen molar-refractivity contribution in [3.8, 4) is 0 Å². The quantitative estimate of drug-likeness (QED) is 0.268. The molecule has 0 aliphatic rings. The van der Waals surface area contributed by atoms with Gasteiger partial charge < -0.3 is 0 Å². The summed E-state index contributed by atoms with van der Waals surface area (Å²) in [5.41, 5.74) is 1.43. The van der Waals surface area contributed by atoms with Crippen LogP contribution in [0.15, 0.2) is 91.0 Å². The number of hydrogen-bond donors (Lipinski definition) is 0. The van der Waals surface area contributed by atoms with Gasteiger partial charge in [-0.15, -0.1) is 0 Å². The highest BCUT2D eigenvalue weighted by Crippen LogP contribution is 2.36. The number of benzene rings is 6. The number of rotatable bonds is 2. The molecule has 0 fully saturated rings. The van der Waals surface area contributed by atoms with Gasteiger partial charge in [0, 0.05) is 0 Å². The molecule has 6 aromatic carbocycles. The highest BCUT2D eigenvalue weighted by molar-refractivity contribution is 6.24. The molecule has 0 aliphatic carbocycles. The zero-order chi connectivity index (χ0) is 19.4. The van der Waals surface area contributed by atoms with Gasteiger partial charge in [0.2, 0.25) is 0 Å². The van der Waals surface area contributed by atoms with Crippen molar-refractivity contribution < 1.29 is 0 Å². The summed E-state index contributed by atoms with van der Waals surface area (Å²) < 4.78 is 0. The molecule has 0 nitrogen and oxygen atoms in total. The molecule has 0 saturated carbocycles. The van der Waals surface area contributed by atoms with Crippen LogP contribution in [0.4, 0.5) is 0 Å². The normalized spacial score (nSPS) is 11.9. The van der Waals surface area contributed by atoms with Crippen LogP contribution in [0.25, 0.3) is 53.9 Å². The minimum absolute atomic E-state index is 1.14. The molecule has 0 heterocycles. The van der Waals surface area contributed by atoms with E-state index in [4.69, 9.17) is 0 Å². The van der Waals surface area contributed by atoms with Crippen LogP contribution < -0.4 is 0 Å². The highest BCUT2D eigenvalue weighted by atomic mass is 14.1. The molecule has 0 saturated heterocycles. The highest BCUT2D eigenvalue weighted by Gasteiger charge is 2.09. The second kappa shape index (κ2) is 6.32. The van der Waals surface area contributed by atoms with Gasteiger partial charge in [0.25, 0.3) is 0 Å². The van der Waals surface area contributed by atoms with E-state index in [0.717, 1.165) is 6.42 Å². The number of aryl methyl sites for hydroxylation is 1. The summed E-state index contributed by atoms with van der Waals surface area (Å²) >= 11 is 0. The maximum absolute atomic E-state index is 2.36. The van der Waals surface area contributed by atoms with E-state index in [1.54, 1.807) is 0 Å². The van der Waals surface area contributed by atoms with Crippen LogP contribution in [0.3, 0.4) is 0 Å². The number of hydrogen-bond acceptors (Lipinski definition) is 0. The molecule has 0 unspecified atom stereocenters. The van der Waals surface area contributed by atoms with Gasteiger partial charge in [-0.05, 0) is 65.8 Å². The van der Waals surface area contributed by atoms with Crippen LogP contribution in [-0.4, -0.2) is 0 Å². The van der Waals surface area contributed by atoms with Crippen molar-refractivity contribution in [3.63, 3.8) is 0 Å². The fourth-order valence-corrected chi connectivity index (χ4v) is 4.95. The Labute approximate surface area is 170 Å². The van der Waals surface area contributed by atoms with E-state index in [-0.39, 0.29) is 0 Å². The fourth-order valence-electron chi connectivity index (χ4n) is 4.95. The van der Waals surface area contributed by atoms with Crippen molar-refractivity contribution in [2.75, 3.05) is 0 Å². The molecule has 0 atom stereocenters. The smallest absolute Gasteiger partial charge is 0.00987 e. The first-order chi connectivity index (χ1) is 14.3. The van der Waals surface area contributed by atoms with Crippen LogP contribution in [-0.2, 0) is 6.42 Å². The molecule has 0 aliphatic heterocycles. The van der Waals surface area contributed by atoms with Gasteiger partial charge in [0.05, 0.1) is 0 Å². The lowest BCUT2D eigenvalue weighted by atomic mass is 9.92. The molecule has 6 aromatic rings. The average molecular weight is 370 g/mol. The second-order valence-corrected chi connectivity index (χ2v) is 8.07. The van der Waals surface area contributed by atoms with E-state index < -0.39 is 0 Å². The van der Waals surface area contributed by atoms with Gasteiger partial charge in [-0.3, -0.25) is 0 Å². The topological polar surface area (TPSA) is 0 Å². The standard InChI is InChI=1S/C29H22/c1-2-5-19-8-11-23-21(18-19)10-13-27-25(23)15-17-28-26-12-9-20-6-3-4-7-22(20)24(26)14-16-29(27)28/h3-4,6-18H,2,5H2,1H3. The van der Waals surface area contributed by atoms with E-state index in [2.05, 4.69) is 97.9 Å². The summed E-state index contributed by atoms with van der Waals surface area (Å²) in [4.78, 5) is 0. The van der Waals surface area contributed by atoms with Crippen molar-refractivity contribution in [2.45, 2.75) is 19.8 Å². The molecule has 0 heteroatoms. The molecular weight excluding hydrogens is 348 g/mol. The first-order valence-corrected chi connectivity index (χ1v) is 10.5. The maximum atomic E-state index is 2.36. The van der Waals surface area contributed by atoms with Crippen molar-refractivity contribution in [1.29, 1.82) is 0 Å². The summed E-state index contributed by atoms with van der Waals surface area (Å²) in [6, 6.07) is 34.0. The Morgan fingerprint density at radius 1 is 0.448 bits per heavy atom. The third-order valence-electron chi connectivity index (χ3n) is 6.34. The molecule has 138 valence electrons. The van der Waals surface area contributed by atoms with Gasteiger partial charge in [0.1, 0.15) is 0 Å². The molecule has 0 bridgehead atoms. The molecular formula is C29H22. The summed E-state index contributed by atoms with van der Waals surface area (Å²) in [7, 11) is 0. The van der Waals surface area contributed by atoms with Gasteiger partial charge in [-0.2, -0.15) is 0 Å². The van der Waals surface area contributed by atoms with E-state index in [1.165, 1.54) is 65.8 Å². The Bertz CT molecular complexity index is 1550. The Morgan fingerprint density at radius 2 is 0.931 bits per heavy atom. The predicted octanol–water partition coefficient (Wildman–Crippen LogP) is 8.41. The Kier molecular flexibility index (Phi) is 3.61. The van der Waals surface area contributed by atoms with Crippen molar-refractivity contribution >= 4 is 53.9 Å². The van der Waals surface area contributed by atoms with E-state index in [0.29, 0.717) is 0 Å². The van der Waals surface area contributed by atoms with Gasteiger partial charge in [-0.25, -0.2) is 0 Å². The van der Waals surface area contributed by atoms with E-state index >= 15 is 0 Å². The zero-order valence-corrected chi connectivity index (χ0v) is 16.6. The lowest BCUT2D eigenvalue weighted by molar-refractivity contribution is 0.924. The second-order valence-electron chi connectivity index (χ2n) is 8.07. The largest absolute Gasteiger partial charge is 0.0651 e. The van der Waals surface area contributed by atoms with Crippen LogP contribution in [0, 0.1) is 0 Å². The summed E-state index contributed by atoms with van der Waals surface area (Å²) in [6.45, 7) is 2.24. The SMILES string of the molecule is CCCc1ccc2c(ccc3c2ccc2c4ccc5ccccc5c4ccc32)c1. The Hall–Kier alpha value is -3.38. The summed E-state index contributed by atoms with van der Waals surface area (Å²) in [5, 5.41) is 13.3. The fraction of sp³-hybridized carbons (Fsp3) is 0.103. The van der Waals surface area contributed by atoms with Gasteiger partial charge in [0.15, 0.2) is 0 Å². The zero-order valence-electron chi connectivity index (χ0n) is 16.6. The van der Waals surface area contributed by atoms with E-state index in [9.17, 15) is 0 Å². The monoisotopic (exact) mass is 370 g/mol. The lowest BCUT2D eigenvalue weighted by Crippen LogP contribution is -1.86. The van der Waals surface area contributed by atoms with Crippen molar-refractivity contribution in [3.05, 3.63) is 96.6 Å². The third kappa shape index (κ3) is 2.46. The third-order valence-corrected chi connectivity index (χ3v) is 6.34.